The summed E-state index contributed by atoms with van der Waals surface area (Å²) in [5.41, 5.74) is 2.87. The first-order valence-corrected chi connectivity index (χ1v) is 12.5. The number of anilines is 1. The highest BCUT2D eigenvalue weighted by Crippen LogP contribution is 2.24. The molecule has 0 unspecified atom stereocenters. The summed E-state index contributed by atoms with van der Waals surface area (Å²) >= 11 is 0. The van der Waals surface area contributed by atoms with E-state index in [1.807, 2.05) is 25.1 Å². The fraction of sp³-hybridized carbons (Fsp3) is 0.231. The number of piperazine rings is 1. The molecule has 1 N–H and O–H groups in total. The summed E-state index contributed by atoms with van der Waals surface area (Å²) < 4.78 is 27.8. The largest absolute Gasteiger partial charge is 0.336 e. The minimum absolute atomic E-state index is 0.208. The lowest BCUT2D eigenvalue weighted by molar-refractivity contribution is 0.0699. The van der Waals surface area contributed by atoms with Gasteiger partial charge < -0.3 is 10.2 Å². The minimum Gasteiger partial charge on any atom is -0.336 e. The quantitative estimate of drug-likeness (QED) is 0.607. The zero-order valence-electron chi connectivity index (χ0n) is 19.2. The van der Waals surface area contributed by atoms with Crippen molar-refractivity contribution in [2.45, 2.75) is 18.7 Å². The van der Waals surface area contributed by atoms with Crippen molar-refractivity contribution in [3.8, 4) is 0 Å². The minimum atomic E-state index is -3.65. The molecule has 0 spiro atoms. The fourth-order valence-corrected chi connectivity index (χ4v) is 5.72. The molecule has 4 rings (SSSR count). The van der Waals surface area contributed by atoms with Gasteiger partial charge in [0.2, 0.25) is 10.0 Å². The molecule has 1 fully saturated rings. The number of sulfonamides is 1. The Balaban J connectivity index is 1.47. The van der Waals surface area contributed by atoms with Gasteiger partial charge in [-0.15, -0.1) is 0 Å². The summed E-state index contributed by atoms with van der Waals surface area (Å²) in [7, 11) is -3.65. The zero-order valence-corrected chi connectivity index (χ0v) is 20.0. The van der Waals surface area contributed by atoms with Crippen LogP contribution >= 0.6 is 0 Å². The first-order valence-electron chi connectivity index (χ1n) is 11.1. The average Bonchev–Trinajstić information content (AvgIpc) is 2.86. The van der Waals surface area contributed by atoms with Crippen LogP contribution in [-0.2, 0) is 10.0 Å². The van der Waals surface area contributed by atoms with Crippen LogP contribution in [0.15, 0.2) is 77.7 Å². The van der Waals surface area contributed by atoms with Crippen LogP contribution in [0, 0.1) is 13.8 Å². The van der Waals surface area contributed by atoms with Crippen molar-refractivity contribution >= 4 is 27.5 Å². The molecule has 0 bridgehead atoms. The number of rotatable bonds is 5. The number of para-hydroxylation sites is 1. The van der Waals surface area contributed by atoms with Crippen molar-refractivity contribution in [2.75, 3.05) is 31.5 Å². The second-order valence-corrected chi connectivity index (χ2v) is 10.2. The van der Waals surface area contributed by atoms with E-state index in [0.29, 0.717) is 27.3 Å². The molecule has 1 aliphatic heterocycles. The molecule has 2 amide bonds. The molecular formula is C26H27N3O4S. The first-order chi connectivity index (χ1) is 16.3. The van der Waals surface area contributed by atoms with E-state index in [2.05, 4.69) is 5.32 Å². The molecular weight excluding hydrogens is 450 g/mol. The highest BCUT2D eigenvalue weighted by atomic mass is 32.2. The summed E-state index contributed by atoms with van der Waals surface area (Å²) in [6, 6.07) is 21.0. The summed E-state index contributed by atoms with van der Waals surface area (Å²) in [5.74, 6) is -0.543. The number of benzene rings is 3. The highest BCUT2D eigenvalue weighted by molar-refractivity contribution is 7.89. The van der Waals surface area contributed by atoms with Crippen molar-refractivity contribution in [3.63, 3.8) is 0 Å². The SMILES string of the molecule is Cc1ccc(C)c(S(=O)(=O)N2CCN(C(=O)c3ccccc3NC(=O)c3ccccc3)CC2)c1. The Hall–Kier alpha value is -3.49. The molecule has 0 aromatic heterocycles. The van der Waals surface area contributed by atoms with E-state index < -0.39 is 10.0 Å². The smallest absolute Gasteiger partial charge is 0.256 e. The summed E-state index contributed by atoms with van der Waals surface area (Å²) in [6.45, 7) is 4.60. The number of aryl methyl sites for hydroxylation is 2. The van der Waals surface area contributed by atoms with Gasteiger partial charge in [-0.25, -0.2) is 8.42 Å². The molecule has 0 saturated carbocycles. The van der Waals surface area contributed by atoms with Crippen molar-refractivity contribution in [1.82, 2.24) is 9.21 Å². The van der Waals surface area contributed by atoms with Gasteiger partial charge in [0.15, 0.2) is 0 Å². The summed E-state index contributed by atoms with van der Waals surface area (Å²) in [5, 5.41) is 2.82. The second kappa shape index (κ2) is 9.79. The third-order valence-electron chi connectivity index (χ3n) is 5.93. The number of hydrogen-bond donors (Lipinski definition) is 1. The Kier molecular flexibility index (Phi) is 6.81. The van der Waals surface area contributed by atoms with Crippen molar-refractivity contribution in [1.29, 1.82) is 0 Å². The molecule has 0 aliphatic carbocycles. The van der Waals surface area contributed by atoms with E-state index in [9.17, 15) is 18.0 Å². The van der Waals surface area contributed by atoms with Crippen LogP contribution in [0.1, 0.15) is 31.8 Å². The standard InChI is InChI=1S/C26H27N3O4S/c1-19-12-13-20(2)24(18-19)34(32,33)29-16-14-28(15-17-29)26(31)22-10-6-7-11-23(22)27-25(30)21-8-4-3-5-9-21/h3-13,18H,14-17H2,1-2H3,(H,27,30). The molecule has 1 heterocycles. The topological polar surface area (TPSA) is 86.8 Å². The van der Waals surface area contributed by atoms with E-state index in [4.69, 9.17) is 0 Å². The maximum absolute atomic E-state index is 13.3. The lowest BCUT2D eigenvalue weighted by Crippen LogP contribution is -2.50. The fourth-order valence-electron chi connectivity index (χ4n) is 3.99. The van der Waals surface area contributed by atoms with Crippen LogP contribution in [0.5, 0.6) is 0 Å². The number of carbonyl (C=O) groups excluding carboxylic acids is 2. The monoisotopic (exact) mass is 477 g/mol. The van der Waals surface area contributed by atoms with E-state index >= 15 is 0 Å². The normalized spacial score (nSPS) is 14.6. The molecule has 0 radical (unpaired) electrons. The van der Waals surface area contributed by atoms with Crippen molar-refractivity contribution < 1.29 is 18.0 Å². The van der Waals surface area contributed by atoms with Crippen LogP contribution in [-0.4, -0.2) is 55.6 Å². The van der Waals surface area contributed by atoms with Crippen molar-refractivity contribution in [2.24, 2.45) is 0 Å². The Morgan fingerprint density at radius 2 is 1.47 bits per heavy atom. The molecule has 0 atom stereocenters. The third-order valence-corrected chi connectivity index (χ3v) is 7.97. The molecule has 1 aliphatic rings. The lowest BCUT2D eigenvalue weighted by Gasteiger charge is -2.34. The summed E-state index contributed by atoms with van der Waals surface area (Å²) in [4.78, 5) is 27.8. The number of nitrogens with zero attached hydrogens (tertiary/aromatic N) is 2. The molecule has 34 heavy (non-hydrogen) atoms. The Bertz CT molecular complexity index is 1310. The van der Waals surface area contributed by atoms with Crippen LogP contribution in [0.2, 0.25) is 0 Å². The lowest BCUT2D eigenvalue weighted by atomic mass is 10.1. The number of nitrogens with one attached hydrogen (secondary N) is 1. The molecule has 8 heteroatoms. The van der Waals surface area contributed by atoms with Gasteiger partial charge in [0.05, 0.1) is 16.1 Å². The maximum Gasteiger partial charge on any atom is 0.256 e. The average molecular weight is 478 g/mol. The van der Waals surface area contributed by atoms with E-state index in [-0.39, 0.29) is 38.0 Å². The van der Waals surface area contributed by atoms with Gasteiger partial charge in [0.25, 0.3) is 11.8 Å². The van der Waals surface area contributed by atoms with E-state index in [1.54, 1.807) is 66.4 Å². The molecule has 7 nitrogen and oxygen atoms in total. The Morgan fingerprint density at radius 3 is 2.18 bits per heavy atom. The van der Waals surface area contributed by atoms with E-state index in [1.165, 1.54) is 4.31 Å². The van der Waals surface area contributed by atoms with Crippen LogP contribution in [0.4, 0.5) is 5.69 Å². The number of hydrogen-bond acceptors (Lipinski definition) is 4. The predicted molar refractivity (Wildman–Crippen MR) is 131 cm³/mol. The second-order valence-electron chi connectivity index (χ2n) is 8.33. The Morgan fingerprint density at radius 1 is 0.824 bits per heavy atom. The van der Waals surface area contributed by atoms with Gasteiger partial charge in [-0.2, -0.15) is 4.31 Å². The van der Waals surface area contributed by atoms with Crippen LogP contribution in [0.3, 0.4) is 0 Å². The van der Waals surface area contributed by atoms with Gasteiger partial charge in [-0.3, -0.25) is 9.59 Å². The van der Waals surface area contributed by atoms with Gasteiger partial charge in [-0.05, 0) is 55.3 Å². The van der Waals surface area contributed by atoms with Crippen LogP contribution in [0.25, 0.3) is 0 Å². The first kappa shape index (κ1) is 23.7. The third kappa shape index (κ3) is 4.88. The Labute approximate surface area is 200 Å². The molecule has 176 valence electrons. The number of carbonyl (C=O) groups is 2. The molecule has 3 aromatic carbocycles. The van der Waals surface area contributed by atoms with Gasteiger partial charge in [0, 0.05) is 31.7 Å². The number of amides is 2. The van der Waals surface area contributed by atoms with Crippen LogP contribution < -0.4 is 5.32 Å². The van der Waals surface area contributed by atoms with E-state index in [0.717, 1.165) is 5.56 Å². The predicted octanol–water partition coefficient (Wildman–Crippen LogP) is 3.70. The maximum atomic E-state index is 13.3. The van der Waals surface area contributed by atoms with Gasteiger partial charge >= 0.3 is 0 Å². The molecule has 1 saturated heterocycles. The molecule has 3 aromatic rings. The van der Waals surface area contributed by atoms with Gasteiger partial charge in [-0.1, -0.05) is 42.5 Å². The zero-order chi connectivity index (χ0) is 24.3. The van der Waals surface area contributed by atoms with Gasteiger partial charge in [0.1, 0.15) is 0 Å². The highest BCUT2D eigenvalue weighted by Gasteiger charge is 2.32. The summed E-state index contributed by atoms with van der Waals surface area (Å²) in [6.07, 6.45) is 0. The van der Waals surface area contributed by atoms with Crippen molar-refractivity contribution in [3.05, 3.63) is 95.1 Å².